The third-order valence-electron chi connectivity index (χ3n) is 3.90. The predicted octanol–water partition coefficient (Wildman–Crippen LogP) is 1.29. The Hall–Kier alpha value is -2.90. The lowest BCUT2D eigenvalue weighted by molar-refractivity contribution is 0.100. The third-order valence-corrected chi connectivity index (χ3v) is 3.90. The van der Waals surface area contributed by atoms with E-state index in [2.05, 4.69) is 24.7 Å². The van der Waals surface area contributed by atoms with Gasteiger partial charge < -0.3 is 19.8 Å². The second kappa shape index (κ2) is 4.83. The maximum absolute atomic E-state index is 11.1. The number of primary amides is 1. The highest BCUT2D eigenvalue weighted by Gasteiger charge is 2.26. The number of hydrogen-bond acceptors (Lipinski definition) is 5. The Labute approximate surface area is 125 Å². The van der Waals surface area contributed by atoms with Gasteiger partial charge in [0.15, 0.2) is 0 Å². The van der Waals surface area contributed by atoms with Gasteiger partial charge in [0, 0.05) is 25.0 Å². The average Bonchev–Trinajstić information content (AvgIpc) is 3.25. The largest absolute Gasteiger partial charge is 0.366 e. The second-order valence-electron chi connectivity index (χ2n) is 5.28. The van der Waals surface area contributed by atoms with Crippen molar-refractivity contribution in [2.75, 3.05) is 0 Å². The molecule has 1 unspecified atom stereocenters. The van der Waals surface area contributed by atoms with Gasteiger partial charge in [0.05, 0.1) is 11.3 Å². The number of aromatic nitrogens is 5. The van der Waals surface area contributed by atoms with Gasteiger partial charge in [0.2, 0.25) is 17.6 Å². The number of nitrogens with two attached hydrogens (primary N) is 1. The van der Waals surface area contributed by atoms with Crippen LogP contribution in [0.2, 0.25) is 0 Å². The zero-order chi connectivity index (χ0) is 15.1. The van der Waals surface area contributed by atoms with Crippen LogP contribution in [0.4, 0.5) is 0 Å². The molecule has 0 saturated heterocycles. The SMILES string of the molecule is NC(=O)c1c[nH]c(-c2noc(C3CCCc4nccn43)n2)c1. The Bertz CT molecular complexity index is 830. The molecule has 0 radical (unpaired) electrons. The number of hydrogen-bond donors (Lipinski definition) is 2. The van der Waals surface area contributed by atoms with Crippen LogP contribution in [-0.2, 0) is 6.42 Å². The van der Waals surface area contributed by atoms with E-state index in [0.29, 0.717) is 23.0 Å². The molecule has 0 fully saturated rings. The Morgan fingerprint density at radius 3 is 3.23 bits per heavy atom. The van der Waals surface area contributed by atoms with Crippen molar-refractivity contribution in [3.8, 4) is 11.5 Å². The maximum atomic E-state index is 11.1. The van der Waals surface area contributed by atoms with E-state index in [1.165, 1.54) is 6.20 Å². The van der Waals surface area contributed by atoms with Crippen LogP contribution >= 0.6 is 0 Å². The van der Waals surface area contributed by atoms with Crippen molar-refractivity contribution < 1.29 is 9.32 Å². The molecule has 0 spiro atoms. The smallest absolute Gasteiger partial charge is 0.250 e. The highest BCUT2D eigenvalue weighted by molar-refractivity contribution is 5.93. The molecule has 1 atom stereocenters. The standard InChI is InChI=1S/C14H14N6O2/c15-12(21)8-6-9(17-7-8)13-18-14(22-19-13)10-2-1-3-11-16-4-5-20(10)11/h4-7,10,17H,1-3H2,(H2,15,21). The molecule has 8 heteroatoms. The zero-order valence-corrected chi connectivity index (χ0v) is 11.7. The van der Waals surface area contributed by atoms with E-state index in [4.69, 9.17) is 10.3 Å². The zero-order valence-electron chi connectivity index (χ0n) is 11.7. The molecule has 4 heterocycles. The van der Waals surface area contributed by atoms with Crippen molar-refractivity contribution in [1.29, 1.82) is 0 Å². The first-order chi connectivity index (χ1) is 10.7. The van der Waals surface area contributed by atoms with Gasteiger partial charge in [-0.05, 0) is 18.9 Å². The van der Waals surface area contributed by atoms with Crippen LogP contribution in [-0.4, -0.2) is 30.6 Å². The van der Waals surface area contributed by atoms with Gasteiger partial charge >= 0.3 is 0 Å². The fraction of sp³-hybridized carbons (Fsp3) is 0.286. The van der Waals surface area contributed by atoms with Crippen molar-refractivity contribution in [3.05, 3.63) is 41.9 Å². The van der Waals surface area contributed by atoms with Crippen LogP contribution in [0.5, 0.6) is 0 Å². The van der Waals surface area contributed by atoms with Crippen molar-refractivity contribution >= 4 is 5.91 Å². The molecule has 1 amide bonds. The minimum Gasteiger partial charge on any atom is -0.366 e. The molecule has 4 rings (SSSR count). The van der Waals surface area contributed by atoms with Crippen molar-refractivity contribution in [1.82, 2.24) is 24.7 Å². The number of fused-ring (bicyclic) bond motifs is 1. The van der Waals surface area contributed by atoms with Gasteiger partial charge in [-0.2, -0.15) is 4.98 Å². The van der Waals surface area contributed by atoms with Gasteiger partial charge in [-0.15, -0.1) is 0 Å². The molecule has 1 aliphatic rings. The number of aryl methyl sites for hydroxylation is 1. The van der Waals surface area contributed by atoms with E-state index in [1.807, 2.05) is 6.20 Å². The average molecular weight is 298 g/mol. The van der Waals surface area contributed by atoms with Crippen LogP contribution in [0.3, 0.4) is 0 Å². The first-order valence-electron chi connectivity index (χ1n) is 7.06. The Kier molecular flexibility index (Phi) is 2.81. The number of carbonyl (C=O) groups excluding carboxylic acids is 1. The summed E-state index contributed by atoms with van der Waals surface area (Å²) in [6.07, 6.45) is 8.18. The van der Waals surface area contributed by atoms with E-state index in [-0.39, 0.29) is 6.04 Å². The summed E-state index contributed by atoms with van der Waals surface area (Å²) in [6, 6.07) is 1.62. The molecule has 1 aliphatic heterocycles. The highest BCUT2D eigenvalue weighted by atomic mass is 16.5. The van der Waals surface area contributed by atoms with E-state index in [1.54, 1.807) is 12.3 Å². The molecule has 0 aromatic carbocycles. The molecule has 112 valence electrons. The Balaban J connectivity index is 1.66. The summed E-state index contributed by atoms with van der Waals surface area (Å²) in [6.45, 7) is 0. The summed E-state index contributed by atoms with van der Waals surface area (Å²) in [5, 5.41) is 3.99. The first kappa shape index (κ1) is 12.8. The summed E-state index contributed by atoms with van der Waals surface area (Å²) >= 11 is 0. The number of nitrogens with one attached hydrogen (secondary N) is 1. The fourth-order valence-electron chi connectivity index (χ4n) is 2.80. The monoisotopic (exact) mass is 298 g/mol. The number of carbonyl (C=O) groups is 1. The molecule has 3 N–H and O–H groups in total. The van der Waals surface area contributed by atoms with Gasteiger partial charge in [-0.25, -0.2) is 4.98 Å². The summed E-state index contributed by atoms with van der Waals surface area (Å²) in [7, 11) is 0. The van der Waals surface area contributed by atoms with Crippen LogP contribution in [0.25, 0.3) is 11.5 Å². The lowest BCUT2D eigenvalue weighted by Gasteiger charge is -2.21. The molecule has 3 aromatic heterocycles. The lowest BCUT2D eigenvalue weighted by Crippen LogP contribution is -2.18. The van der Waals surface area contributed by atoms with E-state index >= 15 is 0 Å². The number of rotatable bonds is 3. The first-order valence-corrected chi connectivity index (χ1v) is 7.06. The predicted molar refractivity (Wildman–Crippen MR) is 75.9 cm³/mol. The number of imidazole rings is 1. The van der Waals surface area contributed by atoms with Gasteiger partial charge in [0.25, 0.3) is 0 Å². The molecular formula is C14H14N6O2. The van der Waals surface area contributed by atoms with Gasteiger partial charge in [0.1, 0.15) is 11.9 Å². The second-order valence-corrected chi connectivity index (χ2v) is 5.28. The number of aromatic amines is 1. The topological polar surface area (TPSA) is 116 Å². The minimum absolute atomic E-state index is 0.0121. The quantitative estimate of drug-likeness (QED) is 0.755. The molecular weight excluding hydrogens is 284 g/mol. The van der Waals surface area contributed by atoms with E-state index in [9.17, 15) is 4.79 Å². The van der Waals surface area contributed by atoms with Crippen molar-refractivity contribution in [3.63, 3.8) is 0 Å². The number of nitrogens with zero attached hydrogens (tertiary/aromatic N) is 4. The Morgan fingerprint density at radius 1 is 1.50 bits per heavy atom. The van der Waals surface area contributed by atoms with Gasteiger partial charge in [-0.1, -0.05) is 5.16 Å². The number of amides is 1. The molecule has 3 aromatic rings. The van der Waals surface area contributed by atoms with E-state index < -0.39 is 5.91 Å². The summed E-state index contributed by atoms with van der Waals surface area (Å²) < 4.78 is 7.48. The van der Waals surface area contributed by atoms with Crippen LogP contribution < -0.4 is 5.73 Å². The Morgan fingerprint density at radius 2 is 2.41 bits per heavy atom. The highest BCUT2D eigenvalue weighted by Crippen LogP contribution is 2.30. The van der Waals surface area contributed by atoms with Crippen LogP contribution in [0, 0.1) is 0 Å². The van der Waals surface area contributed by atoms with Crippen LogP contribution in [0.15, 0.2) is 29.2 Å². The summed E-state index contributed by atoms with van der Waals surface area (Å²) in [5.74, 6) is 1.49. The molecule has 0 bridgehead atoms. The summed E-state index contributed by atoms with van der Waals surface area (Å²) in [4.78, 5) is 22.8. The van der Waals surface area contributed by atoms with Crippen molar-refractivity contribution in [2.45, 2.75) is 25.3 Å². The van der Waals surface area contributed by atoms with Crippen molar-refractivity contribution in [2.24, 2.45) is 5.73 Å². The van der Waals surface area contributed by atoms with E-state index in [0.717, 1.165) is 25.1 Å². The normalized spacial score (nSPS) is 17.4. The number of H-pyrrole nitrogens is 1. The molecule has 22 heavy (non-hydrogen) atoms. The maximum Gasteiger partial charge on any atom is 0.250 e. The molecule has 8 nitrogen and oxygen atoms in total. The molecule has 0 saturated carbocycles. The summed E-state index contributed by atoms with van der Waals surface area (Å²) in [5.41, 5.74) is 6.22. The minimum atomic E-state index is -0.499. The van der Waals surface area contributed by atoms with Gasteiger partial charge in [-0.3, -0.25) is 4.79 Å². The molecule has 0 aliphatic carbocycles. The lowest BCUT2D eigenvalue weighted by atomic mass is 10.0. The fourth-order valence-corrected chi connectivity index (χ4v) is 2.80. The third kappa shape index (κ3) is 2.00. The van der Waals surface area contributed by atoms with Crippen LogP contribution in [0.1, 0.15) is 41.0 Å².